The smallest absolute Gasteiger partial charge is 0.256 e. The normalized spacial score (nSPS) is 22.3. The summed E-state index contributed by atoms with van der Waals surface area (Å²) in [4.78, 5) is 5.44. The van der Waals surface area contributed by atoms with Crippen LogP contribution in [0.1, 0.15) is 233 Å². The summed E-state index contributed by atoms with van der Waals surface area (Å²) in [5.41, 5.74) is 24.8. The van der Waals surface area contributed by atoms with Crippen LogP contribution in [0.2, 0.25) is 0 Å². The third-order valence-corrected chi connectivity index (χ3v) is 20.8. The lowest BCUT2D eigenvalue weighted by Gasteiger charge is -2.48. The zero-order chi connectivity index (χ0) is 53.0. The Bertz CT molecular complexity index is 3340. The third-order valence-electron chi connectivity index (χ3n) is 20.8. The van der Waals surface area contributed by atoms with E-state index >= 15 is 0 Å². The fourth-order valence-corrected chi connectivity index (χ4v) is 15.2. The fourth-order valence-electron chi connectivity index (χ4n) is 15.2. The van der Waals surface area contributed by atoms with Crippen molar-refractivity contribution >= 4 is 57.4 Å². The molecule has 4 aliphatic carbocycles. The Balaban J connectivity index is 1.28. The van der Waals surface area contributed by atoms with E-state index in [-0.39, 0.29) is 55.4 Å². The van der Waals surface area contributed by atoms with E-state index in [0.717, 1.165) is 44.4 Å². The minimum atomic E-state index is -0.154. The van der Waals surface area contributed by atoms with Gasteiger partial charge in [-0.05, 0) is 204 Å². The van der Waals surface area contributed by atoms with Crippen molar-refractivity contribution in [2.45, 2.75) is 232 Å². The van der Waals surface area contributed by atoms with Crippen LogP contribution in [0, 0.1) is 0 Å². The summed E-state index contributed by atoms with van der Waals surface area (Å²) in [7, 11) is 0. The van der Waals surface area contributed by atoms with Gasteiger partial charge in [0.2, 0.25) is 0 Å². The molecule has 1 aromatic heterocycles. The average Bonchev–Trinajstić information content (AvgIpc) is 3.75. The van der Waals surface area contributed by atoms with Crippen LogP contribution in [-0.4, -0.2) is 6.71 Å². The summed E-state index contributed by atoms with van der Waals surface area (Å²) in [5.74, 6) is 2.21. The molecule has 0 spiro atoms. The number of benzene rings is 5. The minimum absolute atomic E-state index is 0.0124. The average molecular weight is 983 g/mol. The van der Waals surface area contributed by atoms with Crippen LogP contribution < -0.4 is 26.2 Å². The van der Waals surface area contributed by atoms with E-state index in [1.54, 1.807) is 0 Å². The quantitative estimate of drug-likeness (QED) is 0.165. The molecule has 0 fully saturated rings. The molecule has 0 atom stereocenters. The summed E-state index contributed by atoms with van der Waals surface area (Å²) in [6, 6.07) is 34.9. The molecule has 6 aromatic rings. The molecule has 0 radical (unpaired) electrons. The highest BCUT2D eigenvalue weighted by Gasteiger charge is 2.54. The van der Waals surface area contributed by atoms with Crippen LogP contribution in [0.3, 0.4) is 0 Å². The Morgan fingerprint density at radius 2 is 0.878 bits per heavy atom. The van der Waals surface area contributed by atoms with Gasteiger partial charge in [0.05, 0.1) is 5.69 Å². The van der Waals surface area contributed by atoms with Crippen LogP contribution in [-0.2, 0) is 48.7 Å². The van der Waals surface area contributed by atoms with Gasteiger partial charge in [0.15, 0.2) is 5.88 Å². The number of anilines is 6. The van der Waals surface area contributed by atoms with Crippen LogP contribution in [0.4, 0.5) is 34.3 Å². The molecule has 74 heavy (non-hydrogen) atoms. The Morgan fingerprint density at radius 3 is 1.43 bits per heavy atom. The van der Waals surface area contributed by atoms with Crippen molar-refractivity contribution in [1.29, 1.82) is 0 Å². The molecule has 5 aromatic carbocycles. The standard InChI is InChI=1S/C70H87BN2O/c1-62(2,3)43-35-55-58-56(36-43)73(53-40-50-48(65(8,9)29-31-67(50,12)13)38-45(53)42-23-21-20-22-24-42)54-41-51-49(66(10,11)30-32-68(51,14)15)39-52(54)71(58)59-57-60(70(18,19)34-33-69(57,16)17)74-61(59)72(55)44-25-26-46-47(37-44)64(6,7)28-27-63(46,4)5/h20-26,35-41H,27-34H2,1-19H3. The Labute approximate surface area is 447 Å². The van der Waals surface area contributed by atoms with Crippen molar-refractivity contribution in [3.05, 3.63) is 135 Å². The van der Waals surface area contributed by atoms with Gasteiger partial charge in [-0.15, -0.1) is 0 Å². The van der Waals surface area contributed by atoms with Crippen molar-refractivity contribution < 1.29 is 4.42 Å². The molecule has 0 unspecified atom stereocenters. The second-order valence-electron chi connectivity index (χ2n) is 30.8. The highest BCUT2D eigenvalue weighted by atomic mass is 16.4. The first-order valence-corrected chi connectivity index (χ1v) is 28.8. The van der Waals surface area contributed by atoms with Gasteiger partial charge < -0.3 is 9.32 Å². The van der Waals surface area contributed by atoms with Gasteiger partial charge in [-0.3, -0.25) is 4.90 Å². The molecule has 0 saturated carbocycles. The first kappa shape index (κ1) is 49.9. The molecule has 12 rings (SSSR count). The Kier molecular flexibility index (Phi) is 10.4. The molecule has 3 heterocycles. The van der Waals surface area contributed by atoms with Gasteiger partial charge in [-0.2, -0.15) is 0 Å². The number of hydrogen-bond acceptors (Lipinski definition) is 3. The maximum Gasteiger partial charge on any atom is 0.256 e. The molecule has 0 N–H and O–H groups in total. The maximum atomic E-state index is 7.87. The van der Waals surface area contributed by atoms with E-state index in [2.05, 4.69) is 226 Å². The summed E-state index contributed by atoms with van der Waals surface area (Å²) < 4.78 is 7.87. The number of fused-ring (bicyclic) bond motifs is 9. The summed E-state index contributed by atoms with van der Waals surface area (Å²) in [6.07, 6.45) is 9.21. The predicted octanol–water partition coefficient (Wildman–Crippen LogP) is 17.7. The first-order valence-electron chi connectivity index (χ1n) is 28.8. The second-order valence-corrected chi connectivity index (χ2v) is 30.8. The van der Waals surface area contributed by atoms with E-state index < -0.39 is 0 Å². The van der Waals surface area contributed by atoms with Gasteiger partial charge in [-0.1, -0.05) is 174 Å². The van der Waals surface area contributed by atoms with Crippen LogP contribution in [0.25, 0.3) is 11.1 Å². The Hall–Kier alpha value is -4.96. The van der Waals surface area contributed by atoms with Crippen molar-refractivity contribution in [1.82, 2.24) is 0 Å². The molecule has 0 bridgehead atoms. The molecule has 0 saturated heterocycles. The lowest BCUT2D eigenvalue weighted by atomic mass is 9.32. The van der Waals surface area contributed by atoms with Crippen molar-refractivity contribution in [3.8, 4) is 11.1 Å². The largest absolute Gasteiger partial charge is 0.444 e. The van der Waals surface area contributed by atoms with E-state index in [1.807, 2.05) is 0 Å². The zero-order valence-corrected chi connectivity index (χ0v) is 49.1. The highest BCUT2D eigenvalue weighted by molar-refractivity contribution is 7.00. The number of furan rings is 1. The third kappa shape index (κ3) is 7.16. The lowest BCUT2D eigenvalue weighted by Crippen LogP contribution is -2.63. The molecule has 4 heteroatoms. The highest BCUT2D eigenvalue weighted by Crippen LogP contribution is 2.58. The van der Waals surface area contributed by atoms with Gasteiger partial charge in [0.25, 0.3) is 6.71 Å². The van der Waals surface area contributed by atoms with Crippen LogP contribution >= 0.6 is 0 Å². The fraction of sp³-hybridized carbons (Fsp3) is 0.514. The van der Waals surface area contributed by atoms with Gasteiger partial charge in [-0.25, -0.2) is 0 Å². The summed E-state index contributed by atoms with van der Waals surface area (Å²) >= 11 is 0. The maximum absolute atomic E-state index is 7.87. The topological polar surface area (TPSA) is 19.6 Å². The van der Waals surface area contributed by atoms with Crippen LogP contribution in [0.15, 0.2) is 89.3 Å². The molecule has 386 valence electrons. The van der Waals surface area contributed by atoms with E-state index in [9.17, 15) is 0 Å². The second kappa shape index (κ2) is 15.4. The first-order chi connectivity index (χ1) is 34.3. The molecular formula is C70H87BN2O. The Morgan fingerprint density at radius 1 is 0.419 bits per heavy atom. The van der Waals surface area contributed by atoms with Gasteiger partial charge >= 0.3 is 0 Å². The molecular weight excluding hydrogens is 896 g/mol. The predicted molar refractivity (Wildman–Crippen MR) is 318 cm³/mol. The zero-order valence-electron chi connectivity index (χ0n) is 49.1. The van der Waals surface area contributed by atoms with E-state index in [0.29, 0.717) is 0 Å². The van der Waals surface area contributed by atoms with Crippen LogP contribution in [0.5, 0.6) is 0 Å². The van der Waals surface area contributed by atoms with Crippen molar-refractivity contribution in [3.63, 3.8) is 0 Å². The molecule has 0 amide bonds. The van der Waals surface area contributed by atoms with E-state index in [4.69, 9.17) is 4.42 Å². The summed E-state index contributed by atoms with van der Waals surface area (Å²) in [6.45, 7) is 47.0. The monoisotopic (exact) mass is 983 g/mol. The van der Waals surface area contributed by atoms with Crippen molar-refractivity contribution in [2.75, 3.05) is 9.80 Å². The van der Waals surface area contributed by atoms with Gasteiger partial charge in [0.1, 0.15) is 5.76 Å². The molecule has 3 nitrogen and oxygen atoms in total. The lowest BCUT2D eigenvalue weighted by molar-refractivity contribution is 0.280. The summed E-state index contributed by atoms with van der Waals surface area (Å²) in [5, 5.41) is 0. The number of nitrogens with zero attached hydrogens (tertiary/aromatic N) is 2. The van der Waals surface area contributed by atoms with E-state index in [1.165, 1.54) is 119 Å². The number of hydrogen-bond donors (Lipinski definition) is 0. The van der Waals surface area contributed by atoms with Gasteiger partial charge in [0, 0.05) is 33.7 Å². The molecule has 6 aliphatic rings. The minimum Gasteiger partial charge on any atom is -0.444 e. The number of rotatable bonds is 3. The SMILES string of the molecule is CC(C)(C)c1cc2c3c(c1)N(c1ccc4c(c1)C(C)(C)CCC4(C)C)c1oc4c(c1B3c1cc3c(cc1N2c1cc2c(cc1-c1ccccc1)C(C)(C)CCC2(C)C)C(C)(C)CCC3(C)C)C(C)(C)CCC4(C)C. The van der Waals surface area contributed by atoms with Crippen molar-refractivity contribution in [2.24, 2.45) is 0 Å². The molecule has 2 aliphatic heterocycles.